The summed E-state index contributed by atoms with van der Waals surface area (Å²) in [6.45, 7) is 46.8. The van der Waals surface area contributed by atoms with Crippen molar-refractivity contribution in [1.29, 1.82) is 10.5 Å². The smallest absolute Gasteiger partial charge is 0.219 e. The van der Waals surface area contributed by atoms with Gasteiger partial charge in [-0.3, -0.25) is 0 Å². The Morgan fingerprint density at radius 1 is 0.418 bits per heavy atom. The third kappa shape index (κ3) is 10.4. The SMILES string of the molecule is CC(C)[Si]1(C(C)C)O[Si](C(C)C)(C(C)C)c2c3cc(C(C)(C)C)cc2Sc2cc(C(C)(C)C)cc(c21)Sc1cc(C(C)(C)C)cc(c1OCC#N)Sc1cc(C(C)(C)C)cc(c1OCC#N)S3. The van der Waals surface area contributed by atoms with Crippen molar-refractivity contribution in [2.45, 2.75) is 221 Å². The van der Waals surface area contributed by atoms with Gasteiger partial charge in [-0.05, 0) is 125 Å². The molecule has 0 aromatic heterocycles. The number of nitriles is 2. The Morgan fingerprint density at radius 3 is 0.836 bits per heavy atom. The second-order valence-electron chi connectivity index (χ2n) is 23.9. The van der Waals surface area contributed by atoms with E-state index >= 15 is 0 Å². The Hall–Kier alpha value is -2.75. The molecule has 4 aromatic rings. The van der Waals surface area contributed by atoms with Crippen LogP contribution >= 0.6 is 47.0 Å². The zero-order valence-corrected chi connectivity index (χ0v) is 49.4. The van der Waals surface area contributed by atoms with Gasteiger partial charge in [-0.15, -0.1) is 0 Å². The largest absolute Gasteiger partial charge is 0.476 e. The second-order valence-corrected chi connectivity index (χ2v) is 37.9. The van der Waals surface area contributed by atoms with Gasteiger partial charge in [0.25, 0.3) is 0 Å². The molecule has 3 aliphatic rings. The number of ether oxygens (including phenoxy) is 2. The molecule has 360 valence electrons. The lowest BCUT2D eigenvalue weighted by atomic mass is 9.87. The molecule has 0 aliphatic carbocycles. The van der Waals surface area contributed by atoms with Gasteiger partial charge < -0.3 is 13.6 Å². The topological polar surface area (TPSA) is 75.3 Å². The van der Waals surface area contributed by atoms with Crippen molar-refractivity contribution in [3.8, 4) is 23.6 Å². The lowest BCUT2D eigenvalue weighted by Crippen LogP contribution is -2.70. The van der Waals surface area contributed by atoms with Crippen molar-refractivity contribution in [2.24, 2.45) is 0 Å². The van der Waals surface area contributed by atoms with Crippen molar-refractivity contribution >= 4 is 74.1 Å². The summed E-state index contributed by atoms with van der Waals surface area (Å²) in [5.74, 6) is 1.37. The number of fused-ring (bicyclic) bond motifs is 2. The maximum atomic E-state index is 10.2. The van der Waals surface area contributed by atoms with Crippen LogP contribution in [0.3, 0.4) is 0 Å². The molecule has 7 rings (SSSR count). The van der Waals surface area contributed by atoms with Crippen LogP contribution in [0.5, 0.6) is 11.5 Å². The average Bonchev–Trinajstić information content (AvgIpc) is 3.18. The zero-order valence-electron chi connectivity index (χ0n) is 44.1. The van der Waals surface area contributed by atoms with E-state index in [1.165, 1.54) is 52.2 Å². The first-order chi connectivity index (χ1) is 30.9. The second kappa shape index (κ2) is 19.5. The Balaban J connectivity index is 2.00. The Morgan fingerprint density at radius 2 is 0.627 bits per heavy atom. The molecule has 10 bridgehead atoms. The van der Waals surface area contributed by atoms with Gasteiger partial charge >= 0.3 is 0 Å². The number of benzene rings is 4. The van der Waals surface area contributed by atoms with Crippen LogP contribution in [0.2, 0.25) is 22.2 Å². The summed E-state index contributed by atoms with van der Waals surface area (Å²) in [6.07, 6.45) is 0. The number of rotatable bonds is 8. The van der Waals surface area contributed by atoms with Gasteiger partial charge in [0.05, 0.1) is 19.6 Å². The minimum Gasteiger partial charge on any atom is -0.476 e. The Bertz CT molecular complexity index is 2420. The lowest BCUT2D eigenvalue weighted by molar-refractivity contribution is 0.347. The zero-order chi connectivity index (χ0) is 50.0. The standard InChI is InChI=1S/C56H76N2O3S4Si2/c1-33(2)66(34(3)4)51-45-29-39(55(15,16)17)31-47(51)65-48-32-40(56(18,19)20)30-46(52(48)67(61-66,35(5)6)36(7)8)64-44-28-38(54(12,13)14)26-42(50(44)60-24-22-58)62-41-25-37(53(9,10)11)27-43(63-45)49(41)59-23-21-57/h25-36H,23-24H2,1-20H3. The lowest BCUT2D eigenvalue weighted by Gasteiger charge is -2.53. The molecule has 11 heteroatoms. The van der Waals surface area contributed by atoms with Gasteiger partial charge in [0.2, 0.25) is 16.6 Å². The fourth-order valence-corrected chi connectivity index (χ4v) is 30.5. The van der Waals surface area contributed by atoms with Crippen LogP contribution in [0.1, 0.15) is 161 Å². The molecule has 0 atom stereocenters. The predicted molar refractivity (Wildman–Crippen MR) is 292 cm³/mol. The van der Waals surface area contributed by atoms with Crippen LogP contribution in [-0.4, -0.2) is 29.8 Å². The van der Waals surface area contributed by atoms with E-state index in [4.69, 9.17) is 13.6 Å². The maximum Gasteiger partial charge on any atom is 0.219 e. The molecule has 67 heavy (non-hydrogen) atoms. The quantitative estimate of drug-likeness (QED) is 0.141. The molecule has 0 spiro atoms. The molecule has 0 unspecified atom stereocenters. The predicted octanol–water partition coefficient (Wildman–Crippen LogP) is 16.6. The van der Waals surface area contributed by atoms with Crippen LogP contribution in [0.4, 0.5) is 0 Å². The Labute approximate surface area is 424 Å². The van der Waals surface area contributed by atoms with Crippen LogP contribution in [0.25, 0.3) is 0 Å². The summed E-state index contributed by atoms with van der Waals surface area (Å²) in [6, 6.07) is 23.7. The Kier molecular flexibility index (Phi) is 15.6. The van der Waals surface area contributed by atoms with Crippen molar-refractivity contribution in [1.82, 2.24) is 0 Å². The molecular formula is C56H76N2O3S4Si2. The highest BCUT2D eigenvalue weighted by Crippen LogP contribution is 2.56. The third-order valence-electron chi connectivity index (χ3n) is 13.6. The van der Waals surface area contributed by atoms with Gasteiger partial charge in [-0.2, -0.15) is 10.5 Å². The summed E-state index contributed by atoms with van der Waals surface area (Å²) in [4.78, 5) is 8.77. The fourth-order valence-electron chi connectivity index (χ4n) is 9.77. The molecule has 0 amide bonds. The van der Waals surface area contributed by atoms with Crippen LogP contribution in [-0.2, 0) is 25.8 Å². The first-order valence-corrected chi connectivity index (χ1v) is 31.5. The van der Waals surface area contributed by atoms with E-state index in [1.54, 1.807) is 35.3 Å². The molecular weight excluding hydrogens is 933 g/mol. The molecule has 3 aliphatic heterocycles. The number of nitrogens with zero attached hydrogens (tertiary/aromatic N) is 2. The van der Waals surface area contributed by atoms with Gasteiger partial charge in [0.15, 0.2) is 13.2 Å². The van der Waals surface area contributed by atoms with E-state index in [2.05, 4.69) is 199 Å². The summed E-state index contributed by atoms with van der Waals surface area (Å²) >= 11 is 7.19. The first-order valence-electron chi connectivity index (χ1n) is 24.1. The summed E-state index contributed by atoms with van der Waals surface area (Å²) in [5.41, 5.74) is 5.11. The normalized spacial score (nSPS) is 16.0. The molecule has 0 radical (unpaired) electrons. The third-order valence-corrected chi connectivity index (χ3v) is 30.8. The number of hydrogen-bond acceptors (Lipinski definition) is 9. The van der Waals surface area contributed by atoms with Crippen molar-refractivity contribution in [2.75, 3.05) is 13.2 Å². The van der Waals surface area contributed by atoms with E-state index in [9.17, 15) is 10.5 Å². The maximum absolute atomic E-state index is 10.2. The van der Waals surface area contributed by atoms with Gasteiger partial charge in [-0.1, -0.05) is 186 Å². The molecule has 3 heterocycles. The minimum absolute atomic E-state index is 0.100. The van der Waals surface area contributed by atoms with Gasteiger partial charge in [0.1, 0.15) is 23.6 Å². The highest BCUT2D eigenvalue weighted by atomic mass is 32.2. The molecule has 5 nitrogen and oxygen atoms in total. The minimum atomic E-state index is -3.02. The molecule has 0 saturated heterocycles. The van der Waals surface area contributed by atoms with E-state index in [1.807, 2.05) is 11.8 Å². The van der Waals surface area contributed by atoms with E-state index in [-0.39, 0.29) is 57.0 Å². The van der Waals surface area contributed by atoms with E-state index in [0.29, 0.717) is 11.5 Å². The van der Waals surface area contributed by atoms with Crippen molar-refractivity contribution in [3.63, 3.8) is 0 Å². The molecule has 0 N–H and O–H groups in total. The van der Waals surface area contributed by atoms with Gasteiger partial charge in [0, 0.05) is 19.6 Å². The average molecular weight is 1010 g/mol. The first kappa shape index (κ1) is 53.6. The fraction of sp³-hybridized carbons (Fsp3) is 0.536. The summed E-state index contributed by atoms with van der Waals surface area (Å²) in [7, 11) is -6.04. The highest BCUT2D eigenvalue weighted by molar-refractivity contribution is 8.02. The van der Waals surface area contributed by atoms with Crippen LogP contribution in [0.15, 0.2) is 87.7 Å². The molecule has 0 saturated carbocycles. The molecule has 4 aromatic carbocycles. The molecule has 0 fully saturated rings. The summed E-state index contributed by atoms with van der Waals surface area (Å²) < 4.78 is 22.2. The van der Waals surface area contributed by atoms with Crippen molar-refractivity contribution < 1.29 is 13.6 Å². The summed E-state index contributed by atoms with van der Waals surface area (Å²) in [5, 5.41) is 23.1. The van der Waals surface area contributed by atoms with Gasteiger partial charge in [-0.25, -0.2) is 0 Å². The van der Waals surface area contributed by atoms with E-state index < -0.39 is 16.6 Å². The monoisotopic (exact) mass is 1010 g/mol. The van der Waals surface area contributed by atoms with Crippen molar-refractivity contribution in [3.05, 3.63) is 70.8 Å². The highest BCUT2D eigenvalue weighted by Gasteiger charge is 2.58. The van der Waals surface area contributed by atoms with E-state index in [0.717, 1.165) is 19.6 Å². The van der Waals surface area contributed by atoms with Crippen LogP contribution < -0.4 is 19.8 Å². The number of hydrogen-bond donors (Lipinski definition) is 0. The van der Waals surface area contributed by atoms with Crippen LogP contribution in [0, 0.1) is 22.7 Å².